The molecule has 0 bridgehead atoms. The number of nitrogens with two attached hydrogens (primary N) is 6. The molecule has 0 radical (unpaired) electrons. The van der Waals surface area contributed by atoms with Crippen molar-refractivity contribution in [2.45, 2.75) is 136 Å². The first-order chi connectivity index (χ1) is 34.4. The summed E-state index contributed by atoms with van der Waals surface area (Å²) in [5.41, 5.74) is 39.1. The maximum absolute atomic E-state index is 13.1. The second kappa shape index (κ2) is 25.6. The third kappa shape index (κ3) is 12.9. The number of ketones is 2. The molecule has 3 saturated heterocycles. The molecule has 5 aliphatic rings. The normalized spacial score (nSPS) is 36.6. The molecule has 3 heterocycles. The van der Waals surface area contributed by atoms with Crippen LogP contribution >= 0.6 is 36.2 Å². The molecule has 24 nitrogen and oxygen atoms in total. The van der Waals surface area contributed by atoms with E-state index in [2.05, 4.69) is 21.3 Å². The molecule has 2 aromatic carbocycles. The third-order valence-electron chi connectivity index (χ3n) is 13.4. The van der Waals surface area contributed by atoms with Crippen molar-refractivity contribution in [3.8, 4) is 0 Å². The molecule has 3 aliphatic heterocycles. The molecule has 0 spiro atoms. The van der Waals surface area contributed by atoms with Gasteiger partial charge in [-0.3, -0.25) is 9.59 Å². The number of aliphatic hydroxyl groups excluding tert-OH is 6. The van der Waals surface area contributed by atoms with Crippen molar-refractivity contribution in [3.63, 3.8) is 0 Å². The zero-order valence-electron chi connectivity index (χ0n) is 39.2. The second-order valence-corrected chi connectivity index (χ2v) is 20.3. The molecule has 22 N–H and O–H groups in total. The standard InChI is InChI=1S/C45H68N10O14S3/c46-14-25-33(59)35(61)28(50)41(64-25)67-38-24(49)13-23(48)32(58)40(38)69-43-37(63)39(68-42-29(51)36(62)34(60)26(15-47)65-42)27(66-43)17-72-11-10-54-44(70)52-8-3-9-53-45(71)55-16-18-6-7-21-22(12-18)31(57)20-5-2-1-4-19(20)30(21)56/h1-2,4-7,12,23-29,32-43,58-63H,3,8-11,13-17,46-51H2,(H2,52,54,70)(H2,53,55,71)/t23-,24+,25-,26+,27-,28-,29-,32+,33-,34-,35-,36-,37-,38-,39-,40-,41-,42-,43+/m1/s1. The summed E-state index contributed by atoms with van der Waals surface area (Å²) in [6, 6.07) is 7.73. The van der Waals surface area contributed by atoms with Gasteiger partial charge in [-0.05, 0) is 55.0 Å². The van der Waals surface area contributed by atoms with Gasteiger partial charge in [-0.15, -0.1) is 0 Å². The summed E-state index contributed by atoms with van der Waals surface area (Å²) in [4.78, 5) is 26.0. The van der Waals surface area contributed by atoms with Crippen LogP contribution in [0.25, 0.3) is 0 Å². The Kier molecular flexibility index (Phi) is 20.1. The van der Waals surface area contributed by atoms with E-state index in [1.807, 2.05) is 0 Å². The summed E-state index contributed by atoms with van der Waals surface area (Å²) >= 11 is 12.3. The number of carbonyl (C=O) groups is 2. The minimum absolute atomic E-state index is 0.0781. The highest BCUT2D eigenvalue weighted by molar-refractivity contribution is 7.99. The highest BCUT2D eigenvalue weighted by Crippen LogP contribution is 2.36. The number of hydrogen-bond donors (Lipinski definition) is 16. The van der Waals surface area contributed by atoms with Crippen LogP contribution in [0.3, 0.4) is 0 Å². The lowest BCUT2D eigenvalue weighted by molar-refractivity contribution is -0.306. The van der Waals surface area contributed by atoms with E-state index in [-0.39, 0.29) is 36.8 Å². The molecule has 7 rings (SSSR count). The lowest BCUT2D eigenvalue weighted by Gasteiger charge is -2.47. The molecule has 0 unspecified atom stereocenters. The smallest absolute Gasteiger partial charge is 0.194 e. The van der Waals surface area contributed by atoms with Gasteiger partial charge in [0.05, 0.1) is 24.3 Å². The Bertz CT molecular complexity index is 2190. The van der Waals surface area contributed by atoms with Crippen LogP contribution in [0.1, 0.15) is 50.2 Å². The largest absolute Gasteiger partial charge is 0.389 e. The fourth-order valence-electron chi connectivity index (χ4n) is 9.22. The van der Waals surface area contributed by atoms with E-state index in [1.165, 1.54) is 11.8 Å². The van der Waals surface area contributed by atoms with E-state index in [4.69, 9.17) is 87.3 Å². The van der Waals surface area contributed by atoms with Gasteiger partial charge < -0.3 is 115 Å². The van der Waals surface area contributed by atoms with Crippen molar-refractivity contribution in [2.24, 2.45) is 34.4 Å². The number of aliphatic hydroxyl groups is 6. The maximum atomic E-state index is 13.1. The lowest BCUT2D eigenvalue weighted by atomic mass is 9.83. The van der Waals surface area contributed by atoms with E-state index < -0.39 is 116 Å². The second-order valence-electron chi connectivity index (χ2n) is 18.4. The van der Waals surface area contributed by atoms with Gasteiger partial charge in [0.25, 0.3) is 0 Å². The van der Waals surface area contributed by atoms with E-state index >= 15 is 0 Å². The molecule has 0 aromatic heterocycles. The lowest BCUT2D eigenvalue weighted by Crippen LogP contribution is -2.68. The highest BCUT2D eigenvalue weighted by atomic mass is 32.2. The molecule has 400 valence electrons. The predicted octanol–water partition coefficient (Wildman–Crippen LogP) is -5.86. The van der Waals surface area contributed by atoms with Crippen LogP contribution in [0, 0.1) is 0 Å². The van der Waals surface area contributed by atoms with Gasteiger partial charge in [0.1, 0.15) is 61.0 Å². The van der Waals surface area contributed by atoms with E-state index in [0.717, 1.165) is 5.56 Å². The van der Waals surface area contributed by atoms with Crippen LogP contribution in [0.4, 0.5) is 0 Å². The molecule has 4 fully saturated rings. The van der Waals surface area contributed by atoms with Crippen LogP contribution in [0.2, 0.25) is 0 Å². The van der Waals surface area contributed by atoms with Crippen molar-refractivity contribution in [2.75, 3.05) is 44.2 Å². The summed E-state index contributed by atoms with van der Waals surface area (Å²) in [6.07, 6.45) is -18.9. The molecular formula is C45H68N10O14S3. The van der Waals surface area contributed by atoms with Crippen LogP contribution < -0.4 is 55.7 Å². The summed E-state index contributed by atoms with van der Waals surface area (Å²) in [7, 11) is 0. The number of thioether (sulfide) groups is 1. The van der Waals surface area contributed by atoms with Gasteiger partial charge in [0, 0.05) is 85.1 Å². The number of benzene rings is 2. The van der Waals surface area contributed by atoms with E-state index in [0.29, 0.717) is 70.8 Å². The summed E-state index contributed by atoms with van der Waals surface area (Å²) in [5.74, 6) is 0.361. The van der Waals surface area contributed by atoms with Gasteiger partial charge in [0.2, 0.25) is 0 Å². The fourth-order valence-corrected chi connectivity index (χ4v) is 10.5. The first-order valence-corrected chi connectivity index (χ1v) is 25.8. The summed E-state index contributed by atoms with van der Waals surface area (Å²) in [5, 5.41) is 78.8. The van der Waals surface area contributed by atoms with Gasteiger partial charge in [-0.1, -0.05) is 30.3 Å². The molecule has 2 aromatic rings. The average Bonchev–Trinajstić information content (AvgIpc) is 3.66. The molecule has 72 heavy (non-hydrogen) atoms. The maximum Gasteiger partial charge on any atom is 0.194 e. The summed E-state index contributed by atoms with van der Waals surface area (Å²) in [6.45, 7) is 1.51. The first-order valence-electron chi connectivity index (χ1n) is 23.8. The minimum Gasteiger partial charge on any atom is -0.389 e. The van der Waals surface area contributed by atoms with Crippen molar-refractivity contribution < 1.29 is 68.6 Å². The zero-order chi connectivity index (χ0) is 52.0. The Balaban J connectivity index is 0.875. The van der Waals surface area contributed by atoms with Gasteiger partial charge in [0.15, 0.2) is 40.7 Å². The quantitative estimate of drug-likeness (QED) is 0.0393. The number of nitrogens with one attached hydrogen (secondary N) is 4. The fraction of sp³-hybridized carbons (Fsp3) is 0.644. The van der Waals surface area contributed by atoms with Crippen molar-refractivity contribution in [1.82, 2.24) is 21.3 Å². The SMILES string of the molecule is NC[C@@H]1O[C@H](O[C@H]2[C@@H](O)[C@H](O[C@@H]3[C@@H](O)[C@H](N)C[C@H](N)[C@H]3O[C@H]3O[C@H](CN)[C@@H](O)[C@H](O)[C@H]3N)O[C@@H]2CSCCNC(=S)NCCCNC(=S)NCc2ccc3c(c2)C(=O)c2ccccc2C3=O)[C@H](N)[C@@H](O)[C@@H]1O. The number of hydrogen-bond acceptors (Lipinski definition) is 23. The third-order valence-corrected chi connectivity index (χ3v) is 15.0. The molecule has 27 heteroatoms. The van der Waals surface area contributed by atoms with Gasteiger partial charge >= 0.3 is 0 Å². The van der Waals surface area contributed by atoms with Crippen molar-refractivity contribution in [3.05, 3.63) is 70.3 Å². The zero-order valence-corrected chi connectivity index (χ0v) is 41.7. The van der Waals surface area contributed by atoms with E-state index in [9.17, 15) is 40.2 Å². The number of thiocarbonyl (C=S) groups is 2. The average molecular weight is 1070 g/mol. The van der Waals surface area contributed by atoms with Crippen molar-refractivity contribution >= 4 is 58.0 Å². The van der Waals surface area contributed by atoms with Crippen molar-refractivity contribution in [1.29, 1.82) is 0 Å². The Morgan fingerprint density at radius 3 is 1.71 bits per heavy atom. The van der Waals surface area contributed by atoms with Crippen LogP contribution in [-0.4, -0.2) is 213 Å². The predicted molar refractivity (Wildman–Crippen MR) is 269 cm³/mol. The van der Waals surface area contributed by atoms with E-state index in [1.54, 1.807) is 42.5 Å². The number of carbonyl (C=O) groups excluding carboxylic acids is 2. The Hall–Kier alpha value is -3.21. The molecule has 0 amide bonds. The monoisotopic (exact) mass is 1070 g/mol. The summed E-state index contributed by atoms with van der Waals surface area (Å²) < 4.78 is 36.5. The Morgan fingerprint density at radius 1 is 0.597 bits per heavy atom. The molecular weight excluding hydrogens is 1000 g/mol. The number of ether oxygens (including phenoxy) is 6. The number of fused-ring (bicyclic) bond motifs is 2. The van der Waals surface area contributed by atoms with Crippen LogP contribution in [0.5, 0.6) is 0 Å². The minimum atomic E-state index is -1.57. The van der Waals surface area contributed by atoms with Crippen LogP contribution in [-0.2, 0) is 35.0 Å². The Labute approximate surface area is 430 Å². The van der Waals surface area contributed by atoms with Crippen LogP contribution in [0.15, 0.2) is 42.5 Å². The Morgan fingerprint density at radius 2 is 1.11 bits per heavy atom. The highest BCUT2D eigenvalue weighted by Gasteiger charge is 2.54. The first kappa shape index (κ1) is 56.5. The topological polar surface area (TPSA) is 415 Å². The molecule has 1 saturated carbocycles. The van der Waals surface area contributed by atoms with Gasteiger partial charge in [-0.25, -0.2) is 0 Å². The molecule has 2 aliphatic carbocycles. The van der Waals surface area contributed by atoms with Gasteiger partial charge in [-0.2, -0.15) is 11.8 Å². The molecule has 19 atom stereocenters. The number of rotatable bonds is 19.